The zero-order valence-electron chi connectivity index (χ0n) is 12.8. The topological polar surface area (TPSA) is 70.1 Å². The summed E-state index contributed by atoms with van der Waals surface area (Å²) in [6.45, 7) is 2.81. The predicted octanol–water partition coefficient (Wildman–Crippen LogP) is 2.77. The lowest BCUT2D eigenvalue weighted by Crippen LogP contribution is -2.14. The van der Waals surface area contributed by atoms with Crippen molar-refractivity contribution in [3.05, 3.63) is 24.3 Å². The van der Waals surface area contributed by atoms with Crippen molar-refractivity contribution in [1.29, 1.82) is 0 Å². The van der Waals surface area contributed by atoms with Crippen LogP contribution in [-0.4, -0.2) is 42.5 Å². The van der Waals surface area contributed by atoms with Gasteiger partial charge in [-0.1, -0.05) is 23.1 Å². The number of benzene rings is 1. The number of carbonyl (C=O) groups excluding carboxylic acids is 1. The van der Waals surface area contributed by atoms with Crippen LogP contribution in [0.15, 0.2) is 28.6 Å². The van der Waals surface area contributed by atoms with Crippen LogP contribution in [0.25, 0.3) is 0 Å². The molecule has 0 aliphatic rings. The number of thioether (sulfide) groups is 1. The number of rotatable bonds is 7. The molecule has 1 aromatic heterocycles. The van der Waals surface area contributed by atoms with E-state index in [0.717, 1.165) is 27.4 Å². The van der Waals surface area contributed by atoms with Crippen molar-refractivity contribution in [3.63, 3.8) is 0 Å². The third-order valence-corrected chi connectivity index (χ3v) is 4.74. The maximum atomic E-state index is 11.9. The molecule has 0 saturated carbocycles. The van der Waals surface area contributed by atoms with Gasteiger partial charge in [0.25, 0.3) is 0 Å². The van der Waals surface area contributed by atoms with Crippen LogP contribution in [0.3, 0.4) is 0 Å². The molecule has 1 aromatic carbocycles. The van der Waals surface area contributed by atoms with Crippen LogP contribution in [0, 0.1) is 0 Å². The van der Waals surface area contributed by atoms with E-state index in [9.17, 15) is 4.79 Å². The van der Waals surface area contributed by atoms with Crippen molar-refractivity contribution in [3.8, 4) is 0 Å². The number of nitrogens with zero attached hydrogens (tertiary/aromatic N) is 3. The quantitative estimate of drug-likeness (QED) is 0.757. The third-order valence-electron chi connectivity index (χ3n) is 2.73. The van der Waals surface area contributed by atoms with Crippen molar-refractivity contribution >= 4 is 45.5 Å². The second kappa shape index (κ2) is 8.00. The Hall–Kier alpha value is -1.80. The maximum absolute atomic E-state index is 11.9. The highest BCUT2D eigenvalue weighted by Crippen LogP contribution is 2.25. The molecule has 0 radical (unpaired) electrons. The molecule has 0 atom stereocenters. The average molecular weight is 337 g/mol. The zero-order chi connectivity index (χ0) is 15.9. The molecular weight excluding hydrogens is 318 g/mol. The smallest absolute Gasteiger partial charge is 0.234 e. The highest BCUT2D eigenvalue weighted by atomic mass is 32.2. The Morgan fingerprint density at radius 2 is 2.00 bits per heavy atom. The molecule has 1 amide bonds. The molecule has 0 bridgehead atoms. The van der Waals surface area contributed by atoms with Crippen LogP contribution in [0.5, 0.6) is 0 Å². The van der Waals surface area contributed by atoms with Crippen LogP contribution in [0.4, 0.5) is 16.5 Å². The van der Waals surface area contributed by atoms with Gasteiger partial charge in [-0.2, -0.15) is 0 Å². The predicted molar refractivity (Wildman–Crippen MR) is 94.2 cm³/mol. The van der Waals surface area contributed by atoms with E-state index in [0.29, 0.717) is 5.75 Å². The molecular formula is C14H19N5OS2. The van der Waals surface area contributed by atoms with Gasteiger partial charge in [-0.15, -0.1) is 10.2 Å². The fourth-order valence-electron chi connectivity index (χ4n) is 1.66. The molecule has 6 nitrogen and oxygen atoms in total. The SMILES string of the molecule is CCNc1nnc(SCC(=O)Nc2ccc(N(C)C)cc2)s1. The molecule has 0 saturated heterocycles. The fourth-order valence-corrected chi connectivity index (χ4v) is 3.28. The highest BCUT2D eigenvalue weighted by molar-refractivity contribution is 8.01. The minimum Gasteiger partial charge on any atom is -0.378 e. The summed E-state index contributed by atoms with van der Waals surface area (Å²) >= 11 is 2.84. The summed E-state index contributed by atoms with van der Waals surface area (Å²) in [5.74, 6) is 0.263. The minimum absolute atomic E-state index is 0.0530. The largest absolute Gasteiger partial charge is 0.378 e. The number of aromatic nitrogens is 2. The normalized spacial score (nSPS) is 10.3. The maximum Gasteiger partial charge on any atom is 0.234 e. The average Bonchev–Trinajstić information content (AvgIpc) is 2.94. The number of hydrogen-bond donors (Lipinski definition) is 2. The van der Waals surface area contributed by atoms with Crippen LogP contribution >= 0.6 is 23.1 Å². The van der Waals surface area contributed by atoms with Gasteiger partial charge in [0.05, 0.1) is 5.75 Å². The summed E-state index contributed by atoms with van der Waals surface area (Å²) in [4.78, 5) is 13.9. The molecule has 1 heterocycles. The van der Waals surface area contributed by atoms with E-state index < -0.39 is 0 Å². The lowest BCUT2D eigenvalue weighted by molar-refractivity contribution is -0.113. The highest BCUT2D eigenvalue weighted by Gasteiger charge is 2.08. The molecule has 2 rings (SSSR count). The van der Waals surface area contributed by atoms with E-state index >= 15 is 0 Å². The van der Waals surface area contributed by atoms with Gasteiger partial charge < -0.3 is 15.5 Å². The van der Waals surface area contributed by atoms with Crippen molar-refractivity contribution in [1.82, 2.24) is 10.2 Å². The standard InChI is InChI=1S/C14H19N5OS2/c1-4-15-13-17-18-14(22-13)21-9-12(20)16-10-5-7-11(8-6-10)19(2)3/h5-8H,4,9H2,1-3H3,(H,15,17)(H,16,20). The molecule has 2 N–H and O–H groups in total. The van der Waals surface area contributed by atoms with Gasteiger partial charge in [-0.3, -0.25) is 4.79 Å². The van der Waals surface area contributed by atoms with Crippen molar-refractivity contribution in [2.75, 3.05) is 41.9 Å². The lowest BCUT2D eigenvalue weighted by Gasteiger charge is -2.12. The Labute approximate surface area is 138 Å². The van der Waals surface area contributed by atoms with Gasteiger partial charge in [0.2, 0.25) is 11.0 Å². The summed E-state index contributed by atoms with van der Waals surface area (Å²) in [7, 11) is 3.96. The molecule has 0 unspecified atom stereocenters. The zero-order valence-corrected chi connectivity index (χ0v) is 14.4. The minimum atomic E-state index is -0.0530. The van der Waals surface area contributed by atoms with E-state index in [2.05, 4.69) is 20.8 Å². The Morgan fingerprint density at radius 1 is 1.27 bits per heavy atom. The summed E-state index contributed by atoms with van der Waals surface area (Å²) < 4.78 is 0.786. The number of amides is 1. The van der Waals surface area contributed by atoms with E-state index in [-0.39, 0.29) is 5.91 Å². The van der Waals surface area contributed by atoms with Gasteiger partial charge in [-0.25, -0.2) is 0 Å². The molecule has 8 heteroatoms. The van der Waals surface area contributed by atoms with E-state index in [1.807, 2.05) is 50.2 Å². The van der Waals surface area contributed by atoms with Gasteiger partial charge in [0.1, 0.15) is 0 Å². The first-order valence-corrected chi connectivity index (χ1v) is 8.66. The van der Waals surface area contributed by atoms with Crippen LogP contribution < -0.4 is 15.5 Å². The van der Waals surface area contributed by atoms with E-state index in [4.69, 9.17) is 0 Å². The Bertz CT molecular complexity index is 612. The van der Waals surface area contributed by atoms with Crippen molar-refractivity contribution in [2.45, 2.75) is 11.3 Å². The number of nitrogens with one attached hydrogen (secondary N) is 2. The molecule has 0 fully saturated rings. The second-order valence-electron chi connectivity index (χ2n) is 4.68. The van der Waals surface area contributed by atoms with Gasteiger partial charge in [0.15, 0.2) is 4.34 Å². The van der Waals surface area contributed by atoms with Crippen molar-refractivity contribution < 1.29 is 4.79 Å². The van der Waals surface area contributed by atoms with Crippen molar-refractivity contribution in [2.24, 2.45) is 0 Å². The van der Waals surface area contributed by atoms with E-state index in [1.165, 1.54) is 23.1 Å². The molecule has 0 aliphatic heterocycles. The fraction of sp³-hybridized carbons (Fsp3) is 0.357. The first-order valence-electron chi connectivity index (χ1n) is 6.86. The molecule has 2 aromatic rings. The summed E-state index contributed by atoms with van der Waals surface area (Å²) in [6, 6.07) is 7.73. The molecule has 0 aliphatic carbocycles. The lowest BCUT2D eigenvalue weighted by atomic mass is 10.2. The van der Waals surface area contributed by atoms with Gasteiger partial charge in [0, 0.05) is 32.0 Å². The number of hydrogen-bond acceptors (Lipinski definition) is 7. The van der Waals surface area contributed by atoms with E-state index in [1.54, 1.807) is 0 Å². The number of anilines is 3. The monoisotopic (exact) mass is 337 g/mol. The summed E-state index contributed by atoms with van der Waals surface area (Å²) in [5, 5.41) is 14.8. The van der Waals surface area contributed by atoms with Gasteiger partial charge >= 0.3 is 0 Å². The molecule has 0 spiro atoms. The van der Waals surface area contributed by atoms with Crippen LogP contribution in [0.1, 0.15) is 6.92 Å². The first kappa shape index (κ1) is 16.6. The van der Waals surface area contributed by atoms with Crippen LogP contribution in [-0.2, 0) is 4.79 Å². The third kappa shape index (κ3) is 4.88. The summed E-state index contributed by atoms with van der Waals surface area (Å²) in [5.41, 5.74) is 1.89. The second-order valence-corrected chi connectivity index (χ2v) is 6.88. The molecule has 22 heavy (non-hydrogen) atoms. The first-order chi connectivity index (χ1) is 10.6. The molecule has 118 valence electrons. The van der Waals surface area contributed by atoms with Crippen LogP contribution in [0.2, 0.25) is 0 Å². The van der Waals surface area contributed by atoms with Gasteiger partial charge in [-0.05, 0) is 31.2 Å². The Morgan fingerprint density at radius 3 is 2.64 bits per heavy atom. The number of carbonyl (C=O) groups is 1. The Balaban J connectivity index is 1.81. The summed E-state index contributed by atoms with van der Waals surface area (Å²) in [6.07, 6.45) is 0. The Kier molecular flexibility index (Phi) is 6.02.